The van der Waals surface area contributed by atoms with Crippen LogP contribution in [0.25, 0.3) is 22.4 Å². The van der Waals surface area contributed by atoms with Gasteiger partial charge in [-0.1, -0.05) is 35.9 Å². The second-order valence-corrected chi connectivity index (χ2v) is 7.89. The Labute approximate surface area is 180 Å². The quantitative estimate of drug-likeness (QED) is 0.483. The SMILES string of the molecule is Cc1oc(-c2ccccc2Cl)nc1CN1CCN(c2ncnc3ccccc23)CC1. The van der Waals surface area contributed by atoms with E-state index in [0.717, 1.165) is 66.5 Å². The lowest BCUT2D eigenvalue weighted by molar-refractivity contribution is 0.246. The number of fused-ring (bicyclic) bond motifs is 1. The third-order valence-electron chi connectivity index (χ3n) is 5.56. The van der Waals surface area contributed by atoms with Gasteiger partial charge in [0, 0.05) is 38.1 Å². The molecule has 30 heavy (non-hydrogen) atoms. The van der Waals surface area contributed by atoms with Gasteiger partial charge in [0.25, 0.3) is 0 Å². The molecule has 3 heterocycles. The Hall–Kier alpha value is -2.96. The van der Waals surface area contributed by atoms with Gasteiger partial charge in [0.05, 0.1) is 21.8 Å². The highest BCUT2D eigenvalue weighted by Gasteiger charge is 2.22. The molecule has 7 heteroatoms. The molecule has 0 unspecified atom stereocenters. The van der Waals surface area contributed by atoms with Gasteiger partial charge in [0.1, 0.15) is 17.9 Å². The monoisotopic (exact) mass is 419 g/mol. The molecule has 0 saturated carbocycles. The van der Waals surface area contributed by atoms with Gasteiger partial charge in [-0.2, -0.15) is 0 Å². The van der Waals surface area contributed by atoms with E-state index in [-0.39, 0.29) is 0 Å². The van der Waals surface area contributed by atoms with Gasteiger partial charge in [-0.25, -0.2) is 15.0 Å². The fourth-order valence-electron chi connectivity index (χ4n) is 3.90. The fourth-order valence-corrected chi connectivity index (χ4v) is 4.11. The number of anilines is 1. The summed E-state index contributed by atoms with van der Waals surface area (Å²) in [5.74, 6) is 2.44. The van der Waals surface area contributed by atoms with E-state index in [1.54, 1.807) is 6.33 Å². The maximum Gasteiger partial charge on any atom is 0.228 e. The highest BCUT2D eigenvalue weighted by Crippen LogP contribution is 2.29. The predicted octanol–water partition coefficient (Wildman–Crippen LogP) is 4.57. The highest BCUT2D eigenvalue weighted by atomic mass is 35.5. The van der Waals surface area contributed by atoms with E-state index in [9.17, 15) is 0 Å². The summed E-state index contributed by atoms with van der Waals surface area (Å²) in [4.78, 5) is 18.4. The lowest BCUT2D eigenvalue weighted by atomic mass is 10.2. The number of piperazine rings is 1. The molecule has 0 bridgehead atoms. The molecule has 2 aromatic heterocycles. The summed E-state index contributed by atoms with van der Waals surface area (Å²) in [7, 11) is 0. The third-order valence-corrected chi connectivity index (χ3v) is 5.89. The molecule has 1 aliphatic heterocycles. The van der Waals surface area contributed by atoms with Crippen molar-refractivity contribution in [3.05, 3.63) is 71.3 Å². The Balaban J connectivity index is 1.28. The normalized spacial score (nSPS) is 15.1. The number of aryl methyl sites for hydroxylation is 1. The number of oxazole rings is 1. The summed E-state index contributed by atoms with van der Waals surface area (Å²) in [5.41, 5.74) is 2.77. The molecule has 4 aromatic rings. The van der Waals surface area contributed by atoms with Crippen LogP contribution in [-0.4, -0.2) is 46.0 Å². The van der Waals surface area contributed by atoms with Crippen LogP contribution in [-0.2, 0) is 6.54 Å². The van der Waals surface area contributed by atoms with Crippen LogP contribution in [0.5, 0.6) is 0 Å². The van der Waals surface area contributed by atoms with E-state index in [1.165, 1.54) is 0 Å². The average Bonchev–Trinajstić information content (AvgIpc) is 3.14. The van der Waals surface area contributed by atoms with E-state index in [1.807, 2.05) is 49.4 Å². The number of para-hydroxylation sites is 1. The van der Waals surface area contributed by atoms with Crippen molar-refractivity contribution in [3.8, 4) is 11.5 Å². The zero-order valence-corrected chi connectivity index (χ0v) is 17.5. The molecule has 6 nitrogen and oxygen atoms in total. The van der Waals surface area contributed by atoms with Gasteiger partial charge >= 0.3 is 0 Å². The van der Waals surface area contributed by atoms with Gasteiger partial charge in [0.2, 0.25) is 5.89 Å². The van der Waals surface area contributed by atoms with Gasteiger partial charge in [-0.15, -0.1) is 0 Å². The van der Waals surface area contributed by atoms with Gasteiger partial charge in [-0.05, 0) is 31.2 Å². The highest BCUT2D eigenvalue weighted by molar-refractivity contribution is 6.33. The summed E-state index contributed by atoms with van der Waals surface area (Å²) >= 11 is 6.30. The van der Waals surface area contributed by atoms with Crippen molar-refractivity contribution in [2.24, 2.45) is 0 Å². The van der Waals surface area contributed by atoms with Gasteiger partial charge in [-0.3, -0.25) is 4.90 Å². The van der Waals surface area contributed by atoms with Crippen LogP contribution in [0.3, 0.4) is 0 Å². The molecular weight excluding hydrogens is 398 g/mol. The number of rotatable bonds is 4. The van der Waals surface area contributed by atoms with Crippen LogP contribution < -0.4 is 4.90 Å². The van der Waals surface area contributed by atoms with Crippen molar-refractivity contribution in [3.63, 3.8) is 0 Å². The first-order chi connectivity index (χ1) is 14.7. The number of aromatic nitrogens is 3. The molecule has 0 aliphatic carbocycles. The first-order valence-electron chi connectivity index (χ1n) is 10.1. The maximum absolute atomic E-state index is 6.30. The maximum atomic E-state index is 6.30. The van der Waals surface area contributed by atoms with Gasteiger partial charge in [0.15, 0.2) is 0 Å². The van der Waals surface area contributed by atoms with Crippen molar-refractivity contribution in [2.45, 2.75) is 13.5 Å². The van der Waals surface area contributed by atoms with Crippen molar-refractivity contribution in [1.29, 1.82) is 0 Å². The molecule has 0 atom stereocenters. The molecule has 0 N–H and O–H groups in total. The van der Waals surface area contributed by atoms with Crippen LogP contribution >= 0.6 is 11.6 Å². The standard InChI is InChI=1S/C23H22ClN5O/c1-16-21(27-23(30-16)17-6-2-4-8-19(17)24)14-28-10-12-29(13-11-28)22-18-7-3-5-9-20(18)25-15-26-22/h2-9,15H,10-14H2,1H3. The molecule has 5 rings (SSSR count). The van der Waals surface area contributed by atoms with E-state index in [4.69, 9.17) is 21.0 Å². The van der Waals surface area contributed by atoms with Crippen LogP contribution in [0.2, 0.25) is 5.02 Å². The number of hydrogen-bond donors (Lipinski definition) is 0. The summed E-state index contributed by atoms with van der Waals surface area (Å²) in [5, 5.41) is 1.75. The van der Waals surface area contributed by atoms with Gasteiger partial charge < -0.3 is 9.32 Å². The topological polar surface area (TPSA) is 58.3 Å². The Morgan fingerprint density at radius 2 is 1.73 bits per heavy atom. The second-order valence-electron chi connectivity index (χ2n) is 7.48. The van der Waals surface area contributed by atoms with E-state index in [2.05, 4.69) is 25.8 Å². The van der Waals surface area contributed by atoms with E-state index < -0.39 is 0 Å². The summed E-state index contributed by atoms with van der Waals surface area (Å²) in [6.45, 7) is 6.42. The first-order valence-corrected chi connectivity index (χ1v) is 10.4. The number of benzene rings is 2. The molecular formula is C23H22ClN5O. The molecule has 1 aliphatic rings. The van der Waals surface area contributed by atoms with Crippen LogP contribution in [0.4, 0.5) is 5.82 Å². The molecule has 0 radical (unpaired) electrons. The molecule has 0 amide bonds. The second kappa shape index (κ2) is 8.05. The van der Waals surface area contributed by atoms with Crippen molar-refractivity contribution in [2.75, 3.05) is 31.1 Å². The molecule has 0 spiro atoms. The smallest absolute Gasteiger partial charge is 0.228 e. The average molecular weight is 420 g/mol. The Morgan fingerprint density at radius 3 is 2.57 bits per heavy atom. The van der Waals surface area contributed by atoms with Crippen LogP contribution in [0.1, 0.15) is 11.5 Å². The lowest BCUT2D eigenvalue weighted by Gasteiger charge is -2.35. The minimum Gasteiger partial charge on any atom is -0.441 e. The minimum atomic E-state index is 0.583. The van der Waals surface area contributed by atoms with Crippen LogP contribution in [0, 0.1) is 6.92 Å². The predicted molar refractivity (Wildman–Crippen MR) is 119 cm³/mol. The van der Waals surface area contributed by atoms with E-state index in [0.29, 0.717) is 10.9 Å². The Bertz CT molecular complexity index is 1180. The first kappa shape index (κ1) is 19.0. The summed E-state index contributed by atoms with van der Waals surface area (Å²) in [6, 6.07) is 15.8. The summed E-state index contributed by atoms with van der Waals surface area (Å²) < 4.78 is 5.91. The zero-order valence-electron chi connectivity index (χ0n) is 16.8. The zero-order chi connectivity index (χ0) is 20.5. The minimum absolute atomic E-state index is 0.583. The molecule has 2 aromatic carbocycles. The number of halogens is 1. The van der Waals surface area contributed by atoms with Crippen LogP contribution in [0.15, 0.2) is 59.3 Å². The number of nitrogens with zero attached hydrogens (tertiary/aromatic N) is 5. The van der Waals surface area contributed by atoms with E-state index >= 15 is 0 Å². The molecule has 1 saturated heterocycles. The largest absolute Gasteiger partial charge is 0.441 e. The molecule has 1 fully saturated rings. The Kier molecular flexibility index (Phi) is 5.11. The third kappa shape index (κ3) is 3.64. The lowest BCUT2D eigenvalue weighted by Crippen LogP contribution is -2.46. The van der Waals surface area contributed by atoms with Crippen molar-refractivity contribution in [1.82, 2.24) is 19.9 Å². The molecule has 152 valence electrons. The van der Waals surface area contributed by atoms with Crippen molar-refractivity contribution >= 4 is 28.3 Å². The van der Waals surface area contributed by atoms with Crippen molar-refractivity contribution < 1.29 is 4.42 Å². The summed E-state index contributed by atoms with van der Waals surface area (Å²) in [6.07, 6.45) is 1.65. The number of hydrogen-bond acceptors (Lipinski definition) is 6. The Morgan fingerprint density at radius 1 is 0.967 bits per heavy atom. The fraction of sp³-hybridized carbons (Fsp3) is 0.261.